The summed E-state index contributed by atoms with van der Waals surface area (Å²) in [5.41, 5.74) is 5.85. The molecule has 0 spiro atoms. The van der Waals surface area contributed by atoms with E-state index in [0.717, 1.165) is 12.1 Å². The van der Waals surface area contributed by atoms with E-state index in [0.29, 0.717) is 0 Å². The van der Waals surface area contributed by atoms with Gasteiger partial charge in [0.25, 0.3) is 0 Å². The molecule has 0 aromatic heterocycles. The Hall–Kier alpha value is -2.02. The zero-order valence-electron chi connectivity index (χ0n) is 12.9. The van der Waals surface area contributed by atoms with E-state index in [2.05, 4.69) is 5.32 Å². The molecular weight excluding hydrogens is 292 g/mol. The molecule has 0 aliphatic carbocycles. The van der Waals surface area contributed by atoms with Gasteiger partial charge in [0.15, 0.2) is 0 Å². The third-order valence-electron chi connectivity index (χ3n) is 3.28. The highest BCUT2D eigenvalue weighted by molar-refractivity contribution is 5.87. The van der Waals surface area contributed by atoms with Crippen LogP contribution in [0.25, 0.3) is 0 Å². The maximum absolute atomic E-state index is 13.5. The molecule has 0 radical (unpaired) electrons. The van der Waals surface area contributed by atoms with Crippen LogP contribution in [0.5, 0.6) is 0 Å². The molecule has 0 heterocycles. The Kier molecular flexibility index (Phi) is 6.42. The molecule has 22 heavy (non-hydrogen) atoms. The van der Waals surface area contributed by atoms with E-state index in [1.165, 1.54) is 18.0 Å². The van der Waals surface area contributed by atoms with E-state index in [-0.39, 0.29) is 24.6 Å². The van der Waals surface area contributed by atoms with Gasteiger partial charge < -0.3 is 16.0 Å². The average Bonchev–Trinajstić information content (AvgIpc) is 2.46. The number of halogens is 2. The fourth-order valence-electron chi connectivity index (χ4n) is 1.71. The summed E-state index contributed by atoms with van der Waals surface area (Å²) < 4.78 is 26.3. The van der Waals surface area contributed by atoms with E-state index in [4.69, 9.17) is 5.73 Å². The highest BCUT2D eigenvalue weighted by Gasteiger charge is 2.19. The quantitative estimate of drug-likeness (QED) is 0.823. The topological polar surface area (TPSA) is 75.4 Å². The SMILES string of the molecule is CC(C)[C@H](N)C(=O)NCC(=O)N(C)Cc1ccc(F)cc1F. The standard InChI is InChI=1S/C15H21F2N3O2/c1-9(2)14(18)15(22)19-7-13(21)20(3)8-10-4-5-11(16)6-12(10)17/h4-6,9,14H,7-8,18H2,1-3H3,(H,19,22)/t14-/m0/s1. The van der Waals surface area contributed by atoms with Crippen LogP contribution in [0.3, 0.4) is 0 Å². The fraction of sp³-hybridized carbons (Fsp3) is 0.467. The van der Waals surface area contributed by atoms with Crippen molar-refractivity contribution in [3.05, 3.63) is 35.4 Å². The van der Waals surface area contributed by atoms with Crippen LogP contribution in [-0.2, 0) is 16.1 Å². The van der Waals surface area contributed by atoms with Crippen molar-refractivity contribution in [3.8, 4) is 0 Å². The minimum atomic E-state index is -0.717. The maximum Gasteiger partial charge on any atom is 0.242 e. The van der Waals surface area contributed by atoms with E-state index in [1.54, 1.807) is 13.8 Å². The van der Waals surface area contributed by atoms with Crippen molar-refractivity contribution < 1.29 is 18.4 Å². The van der Waals surface area contributed by atoms with E-state index < -0.39 is 29.5 Å². The van der Waals surface area contributed by atoms with Crippen molar-refractivity contribution in [2.24, 2.45) is 11.7 Å². The summed E-state index contributed by atoms with van der Waals surface area (Å²) in [6.07, 6.45) is 0. The summed E-state index contributed by atoms with van der Waals surface area (Å²) in [6, 6.07) is 2.48. The predicted molar refractivity (Wildman–Crippen MR) is 78.7 cm³/mol. The van der Waals surface area contributed by atoms with Gasteiger partial charge in [-0.1, -0.05) is 19.9 Å². The highest BCUT2D eigenvalue weighted by Crippen LogP contribution is 2.11. The summed E-state index contributed by atoms with van der Waals surface area (Å²) in [4.78, 5) is 24.8. The number of amides is 2. The third kappa shape index (κ3) is 5.07. The summed E-state index contributed by atoms with van der Waals surface area (Å²) in [5.74, 6) is -2.24. The van der Waals surface area contributed by atoms with Crippen LogP contribution in [0.2, 0.25) is 0 Å². The molecule has 0 bridgehead atoms. The Morgan fingerprint density at radius 1 is 1.32 bits per heavy atom. The van der Waals surface area contributed by atoms with Gasteiger partial charge in [0.1, 0.15) is 11.6 Å². The van der Waals surface area contributed by atoms with Crippen LogP contribution in [0.1, 0.15) is 19.4 Å². The summed E-state index contributed by atoms with van der Waals surface area (Å²) in [5, 5.41) is 2.45. The molecule has 1 rings (SSSR count). The number of hydrogen-bond acceptors (Lipinski definition) is 3. The minimum Gasteiger partial charge on any atom is -0.346 e. The number of benzene rings is 1. The van der Waals surface area contributed by atoms with Crippen LogP contribution in [0.4, 0.5) is 8.78 Å². The summed E-state index contributed by atoms with van der Waals surface area (Å²) >= 11 is 0. The zero-order valence-corrected chi connectivity index (χ0v) is 12.9. The summed E-state index contributed by atoms with van der Waals surface area (Å²) in [7, 11) is 1.47. The lowest BCUT2D eigenvalue weighted by molar-refractivity contribution is -0.132. The normalized spacial score (nSPS) is 12.1. The number of hydrogen-bond donors (Lipinski definition) is 2. The van der Waals surface area contributed by atoms with Gasteiger partial charge in [-0.25, -0.2) is 8.78 Å². The van der Waals surface area contributed by atoms with Gasteiger partial charge in [-0.3, -0.25) is 9.59 Å². The molecule has 2 amide bonds. The molecule has 0 fully saturated rings. The lowest BCUT2D eigenvalue weighted by Crippen LogP contribution is -2.47. The molecule has 0 unspecified atom stereocenters. The Morgan fingerprint density at radius 3 is 2.50 bits per heavy atom. The first-order valence-corrected chi connectivity index (χ1v) is 6.93. The van der Waals surface area contributed by atoms with E-state index >= 15 is 0 Å². The van der Waals surface area contributed by atoms with Crippen LogP contribution >= 0.6 is 0 Å². The first-order chi connectivity index (χ1) is 10.2. The predicted octanol–water partition coefficient (Wildman–Crippen LogP) is 1.02. The molecule has 0 saturated carbocycles. The molecule has 122 valence electrons. The number of carbonyl (C=O) groups excluding carboxylic acids is 2. The molecule has 0 aliphatic heterocycles. The molecule has 3 N–H and O–H groups in total. The van der Waals surface area contributed by atoms with Gasteiger partial charge >= 0.3 is 0 Å². The van der Waals surface area contributed by atoms with Gasteiger partial charge in [-0.15, -0.1) is 0 Å². The van der Waals surface area contributed by atoms with E-state index in [9.17, 15) is 18.4 Å². The number of nitrogens with zero attached hydrogens (tertiary/aromatic N) is 1. The van der Waals surface area contributed by atoms with Crippen molar-refractivity contribution in [2.75, 3.05) is 13.6 Å². The van der Waals surface area contributed by atoms with Crippen molar-refractivity contribution in [1.82, 2.24) is 10.2 Å². The first-order valence-electron chi connectivity index (χ1n) is 6.93. The Morgan fingerprint density at radius 2 is 1.95 bits per heavy atom. The molecule has 1 atom stereocenters. The van der Waals surface area contributed by atoms with Crippen LogP contribution in [0, 0.1) is 17.6 Å². The van der Waals surface area contributed by atoms with Gasteiger partial charge in [0, 0.05) is 25.2 Å². The lowest BCUT2D eigenvalue weighted by atomic mass is 10.1. The second kappa shape index (κ2) is 7.84. The Labute approximate surface area is 128 Å². The van der Waals surface area contributed by atoms with Crippen molar-refractivity contribution >= 4 is 11.8 Å². The number of carbonyl (C=O) groups is 2. The van der Waals surface area contributed by atoms with Crippen molar-refractivity contribution in [3.63, 3.8) is 0 Å². The van der Waals surface area contributed by atoms with Crippen LogP contribution < -0.4 is 11.1 Å². The lowest BCUT2D eigenvalue weighted by Gasteiger charge is -2.19. The molecule has 0 aliphatic rings. The second-order valence-electron chi connectivity index (χ2n) is 5.47. The Balaban J connectivity index is 2.53. The third-order valence-corrected chi connectivity index (χ3v) is 3.28. The average molecular weight is 313 g/mol. The molecule has 0 saturated heterocycles. The smallest absolute Gasteiger partial charge is 0.242 e. The van der Waals surface area contributed by atoms with Gasteiger partial charge in [-0.05, 0) is 12.0 Å². The van der Waals surface area contributed by atoms with Gasteiger partial charge in [-0.2, -0.15) is 0 Å². The monoisotopic (exact) mass is 313 g/mol. The number of rotatable bonds is 6. The van der Waals surface area contributed by atoms with E-state index in [1.807, 2.05) is 0 Å². The van der Waals surface area contributed by atoms with Crippen LogP contribution in [0.15, 0.2) is 18.2 Å². The van der Waals surface area contributed by atoms with Crippen molar-refractivity contribution in [1.29, 1.82) is 0 Å². The molecule has 5 nitrogen and oxygen atoms in total. The number of nitrogens with one attached hydrogen (secondary N) is 1. The van der Waals surface area contributed by atoms with Crippen LogP contribution in [-0.4, -0.2) is 36.3 Å². The number of nitrogens with two attached hydrogens (primary N) is 1. The molecule has 7 heteroatoms. The minimum absolute atomic E-state index is 0.0168. The van der Waals surface area contributed by atoms with Gasteiger partial charge in [0.05, 0.1) is 12.6 Å². The van der Waals surface area contributed by atoms with Crippen molar-refractivity contribution in [2.45, 2.75) is 26.4 Å². The largest absolute Gasteiger partial charge is 0.346 e. The zero-order chi connectivity index (χ0) is 16.9. The number of likely N-dealkylation sites (N-methyl/N-ethyl adjacent to an activating group) is 1. The highest BCUT2D eigenvalue weighted by atomic mass is 19.1. The first kappa shape index (κ1) is 18.0. The van der Waals surface area contributed by atoms with Gasteiger partial charge in [0.2, 0.25) is 11.8 Å². The fourth-order valence-corrected chi connectivity index (χ4v) is 1.71. The maximum atomic E-state index is 13.5. The Bertz CT molecular complexity index is 550. The molecular formula is C15H21F2N3O2. The second-order valence-corrected chi connectivity index (χ2v) is 5.47. The summed E-state index contributed by atoms with van der Waals surface area (Å²) in [6.45, 7) is 3.36. The molecule has 1 aromatic rings. The molecule has 1 aromatic carbocycles.